The second kappa shape index (κ2) is 8.58. The van der Waals surface area contributed by atoms with Gasteiger partial charge in [-0.3, -0.25) is 0 Å². The van der Waals surface area contributed by atoms with E-state index in [-0.39, 0.29) is 0 Å². The number of hydrogen-bond acceptors (Lipinski definition) is 1. The maximum Gasteiger partial charge on any atom is 0.0872 e. The summed E-state index contributed by atoms with van der Waals surface area (Å²) < 4.78 is 3.34. The normalized spacial score (nSPS) is 12.6. The van der Waals surface area contributed by atoms with E-state index in [1.807, 2.05) is 25.1 Å². The van der Waals surface area contributed by atoms with E-state index in [9.17, 15) is 0 Å². The van der Waals surface area contributed by atoms with Crippen molar-refractivity contribution in [2.45, 2.75) is 6.92 Å². The lowest BCUT2D eigenvalue weighted by Gasteiger charge is -2.12. The number of rotatable bonds is 3. The van der Waals surface area contributed by atoms with E-state index in [0.717, 1.165) is 43.2 Å². The average molecular weight is 513 g/mol. The molecule has 0 aliphatic carbocycles. The van der Waals surface area contributed by atoms with Crippen LogP contribution in [-0.4, -0.2) is 9.55 Å². The van der Waals surface area contributed by atoms with Crippen LogP contribution in [0.1, 0.15) is 12.6 Å². The van der Waals surface area contributed by atoms with E-state index in [1.165, 1.54) is 21.7 Å². The first kappa shape index (κ1) is 21.4. The first-order valence-corrected chi connectivity index (χ1v) is 12.3. The van der Waals surface area contributed by atoms with Gasteiger partial charge in [-0.1, -0.05) is 88.6 Å². The maximum absolute atomic E-state index is 6.00. The maximum atomic E-state index is 6.00. The molecule has 6 rings (SSSR count). The Morgan fingerprint density at radius 3 is 2.26 bits per heavy atom. The van der Waals surface area contributed by atoms with Crippen LogP contribution in [0.15, 0.2) is 108 Å². The first-order valence-electron chi connectivity index (χ1n) is 11.5. The highest BCUT2D eigenvalue weighted by molar-refractivity contribution is 9.11. The van der Waals surface area contributed by atoms with Crippen LogP contribution in [0.3, 0.4) is 0 Å². The molecule has 0 amide bonds. The Kier molecular flexibility index (Phi) is 5.25. The molecule has 0 N–H and O–H groups in total. The van der Waals surface area contributed by atoms with Crippen molar-refractivity contribution in [2.75, 3.05) is 0 Å². The second-order valence-corrected chi connectivity index (χ2v) is 9.78. The van der Waals surface area contributed by atoms with Gasteiger partial charge in [-0.25, -0.2) is 4.98 Å². The minimum absolute atomic E-state index is 0.755. The molecule has 4 aromatic carbocycles. The fraction of sp³-hybridized carbons (Fsp3) is 0.0312. The van der Waals surface area contributed by atoms with Crippen molar-refractivity contribution in [3.63, 3.8) is 0 Å². The Bertz CT molecular complexity index is 1860. The monoisotopic (exact) mass is 512 g/mol. The molecule has 0 aliphatic heterocycles. The minimum Gasteiger partial charge on any atom is -0.309 e. The topological polar surface area (TPSA) is 17.8 Å². The van der Waals surface area contributed by atoms with Gasteiger partial charge >= 0.3 is 0 Å². The largest absolute Gasteiger partial charge is 0.309 e. The van der Waals surface area contributed by atoms with Crippen molar-refractivity contribution in [1.29, 1.82) is 0 Å². The Morgan fingerprint density at radius 1 is 0.771 bits per heavy atom. The number of benzene rings is 4. The van der Waals surface area contributed by atoms with Crippen LogP contribution in [0.5, 0.6) is 0 Å². The molecule has 0 bridgehead atoms. The van der Waals surface area contributed by atoms with Crippen LogP contribution in [0.25, 0.3) is 54.7 Å². The Hall–Kier alpha value is -4.13. The van der Waals surface area contributed by atoms with Gasteiger partial charge < -0.3 is 4.57 Å². The smallest absolute Gasteiger partial charge is 0.0872 e. The van der Waals surface area contributed by atoms with Gasteiger partial charge in [-0.05, 0) is 47.8 Å². The molecule has 0 aliphatic rings. The van der Waals surface area contributed by atoms with Crippen LogP contribution in [0.4, 0.5) is 0 Å². The molecule has 166 valence electrons. The van der Waals surface area contributed by atoms with Crippen LogP contribution < -0.4 is 0 Å². The summed E-state index contributed by atoms with van der Waals surface area (Å²) in [5.41, 5.74) is 5.98. The zero-order valence-corrected chi connectivity index (χ0v) is 20.8. The fourth-order valence-corrected chi connectivity index (χ4v) is 5.09. The van der Waals surface area contributed by atoms with Gasteiger partial charge in [0.25, 0.3) is 0 Å². The third-order valence-electron chi connectivity index (χ3n) is 6.40. The number of para-hydroxylation sites is 3. The highest BCUT2D eigenvalue weighted by Gasteiger charge is 2.19. The highest BCUT2D eigenvalue weighted by Crippen LogP contribution is 2.41. The lowest BCUT2D eigenvalue weighted by Crippen LogP contribution is -1.95. The second-order valence-electron chi connectivity index (χ2n) is 8.53. The van der Waals surface area contributed by atoms with Crippen molar-refractivity contribution in [2.24, 2.45) is 0 Å². The van der Waals surface area contributed by atoms with Gasteiger partial charge in [-0.15, -0.1) is 6.42 Å². The summed E-state index contributed by atoms with van der Waals surface area (Å²) in [5, 5.41) is 5.77. The summed E-state index contributed by atoms with van der Waals surface area (Å²) in [6.07, 6.45) is 9.93. The SMILES string of the molecule is C#C/C(=C\C=C(/C)Br)c1nc2ccccc2c2c1ccc1c2c2ccccc2n1-c1ccccc1. The van der Waals surface area contributed by atoms with E-state index < -0.39 is 0 Å². The van der Waals surface area contributed by atoms with Crippen molar-refractivity contribution >= 4 is 65.0 Å². The summed E-state index contributed by atoms with van der Waals surface area (Å²) in [4.78, 5) is 5.04. The number of nitrogens with zero attached hydrogens (tertiary/aromatic N) is 2. The third-order valence-corrected chi connectivity index (χ3v) is 6.67. The zero-order valence-electron chi connectivity index (χ0n) is 19.2. The molecular weight excluding hydrogens is 492 g/mol. The summed E-state index contributed by atoms with van der Waals surface area (Å²) in [7, 11) is 0. The lowest BCUT2D eigenvalue weighted by atomic mass is 9.96. The molecule has 3 heteroatoms. The van der Waals surface area contributed by atoms with Gasteiger partial charge in [0.15, 0.2) is 0 Å². The van der Waals surface area contributed by atoms with Crippen molar-refractivity contribution < 1.29 is 0 Å². The van der Waals surface area contributed by atoms with Gasteiger partial charge in [0.05, 0.1) is 27.8 Å². The number of pyridine rings is 1. The lowest BCUT2D eigenvalue weighted by molar-refractivity contribution is 1.18. The van der Waals surface area contributed by atoms with Gasteiger partial charge in [0.1, 0.15) is 0 Å². The average Bonchev–Trinajstić information content (AvgIpc) is 3.23. The molecule has 0 unspecified atom stereocenters. The molecule has 0 fully saturated rings. The number of allylic oxidation sites excluding steroid dienone is 4. The summed E-state index contributed by atoms with van der Waals surface area (Å²) >= 11 is 3.50. The predicted octanol–water partition coefficient (Wildman–Crippen LogP) is 8.80. The van der Waals surface area contributed by atoms with E-state index >= 15 is 0 Å². The van der Waals surface area contributed by atoms with Gasteiger partial charge in [0, 0.05) is 32.6 Å². The van der Waals surface area contributed by atoms with Gasteiger partial charge in [-0.2, -0.15) is 0 Å². The minimum atomic E-state index is 0.755. The van der Waals surface area contributed by atoms with E-state index in [4.69, 9.17) is 11.4 Å². The molecular formula is C32H21BrN2. The molecule has 6 aromatic rings. The molecule has 35 heavy (non-hydrogen) atoms. The quantitative estimate of drug-likeness (QED) is 0.131. The van der Waals surface area contributed by atoms with Crippen LogP contribution in [-0.2, 0) is 0 Å². The molecule has 0 saturated heterocycles. The number of hydrogen-bond donors (Lipinski definition) is 0. The number of aromatic nitrogens is 2. The Morgan fingerprint density at radius 2 is 1.49 bits per heavy atom. The molecule has 2 heterocycles. The summed E-state index contributed by atoms with van der Waals surface area (Å²) in [6, 6.07) is 31.8. The van der Waals surface area contributed by atoms with Crippen LogP contribution >= 0.6 is 15.9 Å². The van der Waals surface area contributed by atoms with E-state index in [2.05, 4.69) is 111 Å². The molecule has 2 aromatic heterocycles. The van der Waals surface area contributed by atoms with Crippen LogP contribution in [0.2, 0.25) is 0 Å². The number of terminal acetylenes is 1. The molecule has 0 saturated carbocycles. The zero-order chi connectivity index (χ0) is 23.9. The van der Waals surface area contributed by atoms with Crippen LogP contribution in [0, 0.1) is 12.3 Å². The van der Waals surface area contributed by atoms with Crippen molar-refractivity contribution in [3.8, 4) is 18.0 Å². The van der Waals surface area contributed by atoms with Gasteiger partial charge in [0.2, 0.25) is 0 Å². The summed E-state index contributed by atoms with van der Waals surface area (Å²) in [5.74, 6) is 2.87. The molecule has 2 nitrogen and oxygen atoms in total. The first-order chi connectivity index (χ1) is 17.2. The van der Waals surface area contributed by atoms with E-state index in [1.54, 1.807) is 0 Å². The third kappa shape index (κ3) is 3.46. The Balaban J connectivity index is 1.86. The Labute approximate surface area is 212 Å². The van der Waals surface area contributed by atoms with Crippen molar-refractivity contribution in [3.05, 3.63) is 113 Å². The predicted molar refractivity (Wildman–Crippen MR) is 153 cm³/mol. The number of halogens is 1. The highest BCUT2D eigenvalue weighted by atomic mass is 79.9. The molecule has 0 radical (unpaired) electrons. The molecule has 0 spiro atoms. The standard InChI is InChI=1S/C32H21BrN2/c1-3-22(18-17-21(2)33)32-26-19-20-29-31(30(26)24-13-7-9-15-27(24)34-32)25-14-8-10-16-28(25)35(29)23-11-5-4-6-12-23/h1,4-20H,2H3/b21-17+,22-18+. The molecule has 0 atom stereocenters. The number of fused-ring (bicyclic) bond motifs is 7. The fourth-order valence-electron chi connectivity index (χ4n) is 4.95. The van der Waals surface area contributed by atoms with Crippen molar-refractivity contribution in [1.82, 2.24) is 9.55 Å². The van der Waals surface area contributed by atoms with E-state index in [0.29, 0.717) is 0 Å². The summed E-state index contributed by atoms with van der Waals surface area (Å²) in [6.45, 7) is 1.98.